The second-order valence-electron chi connectivity index (χ2n) is 5.61. The molecule has 2 aliphatic heterocycles. The third-order valence-corrected chi connectivity index (χ3v) is 5.18. The zero-order chi connectivity index (χ0) is 12.6. The molecule has 3 heterocycles. The summed E-state index contributed by atoms with van der Waals surface area (Å²) in [5.74, 6) is 0.561. The molecule has 18 heavy (non-hydrogen) atoms. The van der Waals surface area contributed by atoms with Gasteiger partial charge in [-0.2, -0.15) is 0 Å². The lowest BCUT2D eigenvalue weighted by atomic mass is 9.88. The molecular formula is C13H20N2O2S. The molecule has 1 aromatic rings. The maximum absolute atomic E-state index is 9.53. The van der Waals surface area contributed by atoms with E-state index in [2.05, 4.69) is 17.3 Å². The van der Waals surface area contributed by atoms with Crippen molar-refractivity contribution in [2.75, 3.05) is 40.0 Å². The molecule has 1 N–H and O–H groups in total. The highest BCUT2D eigenvalue weighted by Gasteiger charge is 2.42. The molecule has 0 spiro atoms. The van der Waals surface area contributed by atoms with E-state index in [0.717, 1.165) is 11.6 Å². The summed E-state index contributed by atoms with van der Waals surface area (Å²) in [5, 5.41) is 12.8. The van der Waals surface area contributed by atoms with Crippen LogP contribution in [0.2, 0.25) is 0 Å². The van der Waals surface area contributed by atoms with Crippen LogP contribution >= 0.6 is 11.3 Å². The Balaban J connectivity index is 1.76. The van der Waals surface area contributed by atoms with E-state index < -0.39 is 0 Å². The molecule has 5 heteroatoms. The lowest BCUT2D eigenvalue weighted by Crippen LogP contribution is -2.49. The molecule has 0 bridgehead atoms. The number of ether oxygens (including phenoxy) is 1. The Hall–Kier alpha value is -0.490. The van der Waals surface area contributed by atoms with Crippen molar-refractivity contribution in [3.8, 4) is 0 Å². The maximum atomic E-state index is 9.53. The summed E-state index contributed by atoms with van der Waals surface area (Å²) in [6.07, 6.45) is 2.48. The van der Waals surface area contributed by atoms with Crippen LogP contribution in [0.1, 0.15) is 29.5 Å². The Morgan fingerprint density at radius 3 is 3.06 bits per heavy atom. The van der Waals surface area contributed by atoms with Gasteiger partial charge in [0.15, 0.2) is 0 Å². The third kappa shape index (κ3) is 2.09. The van der Waals surface area contributed by atoms with Crippen molar-refractivity contribution >= 4 is 11.3 Å². The summed E-state index contributed by atoms with van der Waals surface area (Å²) in [6, 6.07) is 0. The minimum atomic E-state index is -0.205. The highest BCUT2D eigenvalue weighted by Crippen LogP contribution is 2.36. The SMILES string of the molecule is CN1CCCC(c2csc(C3(CO)COC3)n2)C1. The monoisotopic (exact) mass is 268 g/mol. The summed E-state index contributed by atoms with van der Waals surface area (Å²) in [6.45, 7) is 3.67. The molecule has 4 nitrogen and oxygen atoms in total. The first-order valence-electron chi connectivity index (χ1n) is 6.56. The number of aliphatic hydroxyl groups excluding tert-OH is 1. The van der Waals surface area contributed by atoms with E-state index in [1.54, 1.807) is 11.3 Å². The number of likely N-dealkylation sites (tertiary alicyclic amines) is 1. The quantitative estimate of drug-likeness (QED) is 0.895. The van der Waals surface area contributed by atoms with Crippen LogP contribution in [0.25, 0.3) is 0 Å². The minimum absolute atomic E-state index is 0.143. The zero-order valence-electron chi connectivity index (χ0n) is 10.8. The molecule has 0 aromatic carbocycles. The Morgan fingerprint density at radius 2 is 2.44 bits per heavy atom. The maximum Gasteiger partial charge on any atom is 0.106 e. The molecule has 2 aliphatic rings. The first-order valence-corrected chi connectivity index (χ1v) is 7.44. The van der Waals surface area contributed by atoms with Gasteiger partial charge in [-0.3, -0.25) is 0 Å². The predicted octanol–water partition coefficient (Wildman–Crippen LogP) is 1.21. The van der Waals surface area contributed by atoms with Crippen molar-refractivity contribution in [3.63, 3.8) is 0 Å². The third-order valence-electron chi connectivity index (χ3n) is 4.08. The molecule has 0 saturated carbocycles. The van der Waals surface area contributed by atoms with Crippen molar-refractivity contribution in [2.45, 2.75) is 24.2 Å². The van der Waals surface area contributed by atoms with Gasteiger partial charge in [0.25, 0.3) is 0 Å². The highest BCUT2D eigenvalue weighted by atomic mass is 32.1. The van der Waals surface area contributed by atoms with Crippen LogP contribution in [0.5, 0.6) is 0 Å². The van der Waals surface area contributed by atoms with Gasteiger partial charge in [-0.25, -0.2) is 4.98 Å². The fourth-order valence-electron chi connectivity index (χ4n) is 2.76. The number of likely N-dealkylation sites (N-methyl/N-ethyl adjacent to an activating group) is 1. The summed E-state index contributed by atoms with van der Waals surface area (Å²) < 4.78 is 5.25. The van der Waals surface area contributed by atoms with Crippen LogP contribution < -0.4 is 0 Å². The molecule has 0 radical (unpaired) electrons. The second-order valence-corrected chi connectivity index (χ2v) is 6.47. The standard InChI is InChI=1S/C13H20N2O2S/c1-15-4-2-3-10(5-15)11-6-18-12(14-11)13(7-16)8-17-9-13/h6,10,16H,2-5,7-9H2,1H3. The number of rotatable bonds is 3. The zero-order valence-corrected chi connectivity index (χ0v) is 11.6. The van der Waals surface area contributed by atoms with Gasteiger partial charge in [0.05, 0.1) is 30.9 Å². The first kappa shape index (κ1) is 12.5. The van der Waals surface area contributed by atoms with Gasteiger partial charge in [-0.05, 0) is 26.4 Å². The van der Waals surface area contributed by atoms with E-state index >= 15 is 0 Å². The molecule has 100 valence electrons. The topological polar surface area (TPSA) is 45.6 Å². The largest absolute Gasteiger partial charge is 0.395 e. The average Bonchev–Trinajstić information content (AvgIpc) is 2.78. The predicted molar refractivity (Wildman–Crippen MR) is 71.2 cm³/mol. The van der Waals surface area contributed by atoms with Crippen molar-refractivity contribution in [1.82, 2.24) is 9.88 Å². The van der Waals surface area contributed by atoms with Gasteiger partial charge in [-0.1, -0.05) is 0 Å². The molecule has 2 fully saturated rings. The van der Waals surface area contributed by atoms with Gasteiger partial charge in [0.1, 0.15) is 5.01 Å². The first-order chi connectivity index (χ1) is 8.73. The summed E-state index contributed by atoms with van der Waals surface area (Å²) >= 11 is 1.68. The van der Waals surface area contributed by atoms with Crippen LogP contribution in [0.4, 0.5) is 0 Å². The van der Waals surface area contributed by atoms with Crippen LogP contribution in [0.3, 0.4) is 0 Å². The Bertz CT molecular complexity index is 411. The van der Waals surface area contributed by atoms with Crippen molar-refractivity contribution in [1.29, 1.82) is 0 Å². The van der Waals surface area contributed by atoms with Gasteiger partial charge in [0.2, 0.25) is 0 Å². The Morgan fingerprint density at radius 1 is 1.61 bits per heavy atom. The van der Waals surface area contributed by atoms with Crippen molar-refractivity contribution in [3.05, 3.63) is 16.1 Å². The van der Waals surface area contributed by atoms with Gasteiger partial charge < -0.3 is 14.7 Å². The normalized spacial score (nSPS) is 28.0. The molecule has 1 unspecified atom stereocenters. The number of piperidine rings is 1. The smallest absolute Gasteiger partial charge is 0.106 e. The van der Waals surface area contributed by atoms with Gasteiger partial charge in [0, 0.05) is 17.8 Å². The van der Waals surface area contributed by atoms with Crippen molar-refractivity contribution < 1.29 is 9.84 Å². The lowest BCUT2D eigenvalue weighted by molar-refractivity contribution is -0.0842. The fourth-order valence-corrected chi connectivity index (χ4v) is 3.82. The summed E-state index contributed by atoms with van der Waals surface area (Å²) in [5.41, 5.74) is 1.00. The van der Waals surface area contributed by atoms with Crippen LogP contribution in [0, 0.1) is 0 Å². The molecule has 0 amide bonds. The van der Waals surface area contributed by atoms with Gasteiger partial charge >= 0.3 is 0 Å². The van der Waals surface area contributed by atoms with E-state index in [1.807, 2.05) is 0 Å². The minimum Gasteiger partial charge on any atom is -0.395 e. The lowest BCUT2D eigenvalue weighted by Gasteiger charge is -2.38. The number of hydrogen-bond acceptors (Lipinski definition) is 5. The molecule has 1 atom stereocenters. The van der Waals surface area contributed by atoms with Gasteiger partial charge in [-0.15, -0.1) is 11.3 Å². The molecule has 2 saturated heterocycles. The Labute approximate surface area is 112 Å². The highest BCUT2D eigenvalue weighted by molar-refractivity contribution is 7.09. The molecular weight excluding hydrogens is 248 g/mol. The second kappa shape index (κ2) is 4.89. The Kier molecular flexibility index (Phi) is 3.40. The summed E-state index contributed by atoms with van der Waals surface area (Å²) in [7, 11) is 2.18. The number of nitrogens with zero attached hydrogens (tertiary/aromatic N) is 2. The van der Waals surface area contributed by atoms with E-state index in [0.29, 0.717) is 19.1 Å². The van der Waals surface area contributed by atoms with E-state index in [9.17, 15) is 5.11 Å². The summed E-state index contributed by atoms with van der Waals surface area (Å²) in [4.78, 5) is 7.16. The molecule has 0 aliphatic carbocycles. The number of hydrogen-bond donors (Lipinski definition) is 1. The molecule has 1 aromatic heterocycles. The van der Waals surface area contributed by atoms with Crippen LogP contribution in [-0.2, 0) is 10.2 Å². The number of aliphatic hydroxyl groups is 1. The molecule has 3 rings (SSSR count). The van der Waals surface area contributed by atoms with E-state index in [1.165, 1.54) is 25.1 Å². The fraction of sp³-hybridized carbons (Fsp3) is 0.769. The van der Waals surface area contributed by atoms with Crippen molar-refractivity contribution in [2.24, 2.45) is 0 Å². The average molecular weight is 268 g/mol. The number of aromatic nitrogens is 1. The van der Waals surface area contributed by atoms with Crippen LogP contribution in [0.15, 0.2) is 5.38 Å². The van der Waals surface area contributed by atoms with E-state index in [4.69, 9.17) is 9.72 Å². The van der Waals surface area contributed by atoms with Crippen LogP contribution in [-0.4, -0.2) is 54.9 Å². The number of thiazole rings is 1. The van der Waals surface area contributed by atoms with E-state index in [-0.39, 0.29) is 12.0 Å².